The summed E-state index contributed by atoms with van der Waals surface area (Å²) in [5.41, 5.74) is 0. The molecular formula is C24H48. The highest BCUT2D eigenvalue weighted by atomic mass is 14.1. The van der Waals surface area contributed by atoms with Crippen LogP contribution in [0, 0.1) is 5.92 Å². The summed E-state index contributed by atoms with van der Waals surface area (Å²) < 4.78 is 0. The summed E-state index contributed by atoms with van der Waals surface area (Å²) >= 11 is 0. The Morgan fingerprint density at radius 3 is 1.04 bits per heavy atom. The number of unbranched alkanes of at least 4 members (excludes halogenated alkanes) is 1. The van der Waals surface area contributed by atoms with Crippen molar-refractivity contribution in [3.05, 3.63) is 0 Å². The molecule has 0 spiro atoms. The van der Waals surface area contributed by atoms with E-state index in [0.29, 0.717) is 0 Å². The first-order valence-electron chi connectivity index (χ1n) is 11.9. The van der Waals surface area contributed by atoms with Gasteiger partial charge in [0.1, 0.15) is 0 Å². The second kappa shape index (κ2) is 17.8. The highest BCUT2D eigenvalue weighted by Crippen LogP contribution is 2.24. The van der Waals surface area contributed by atoms with Gasteiger partial charge in [-0.2, -0.15) is 0 Å². The van der Waals surface area contributed by atoms with E-state index in [9.17, 15) is 0 Å². The second-order valence-corrected chi connectivity index (χ2v) is 8.60. The Morgan fingerprint density at radius 2 is 0.750 bits per heavy atom. The fourth-order valence-corrected chi connectivity index (χ4v) is 4.44. The van der Waals surface area contributed by atoms with Crippen LogP contribution < -0.4 is 0 Å². The van der Waals surface area contributed by atoms with Gasteiger partial charge in [0, 0.05) is 0 Å². The average Bonchev–Trinajstić information content (AvgIpc) is 2.59. The van der Waals surface area contributed by atoms with E-state index in [4.69, 9.17) is 0 Å². The first-order valence-corrected chi connectivity index (χ1v) is 11.9. The Hall–Kier alpha value is 0. The molecule has 0 atom stereocenters. The molecule has 0 nitrogen and oxygen atoms in total. The van der Waals surface area contributed by atoms with Crippen LogP contribution >= 0.6 is 0 Å². The molecule has 0 amide bonds. The SMILES string of the molecule is CCCCC1CCCCCCCCCCCCCCCCCCC1. The van der Waals surface area contributed by atoms with Crippen molar-refractivity contribution in [3.63, 3.8) is 0 Å². The average molecular weight is 337 g/mol. The summed E-state index contributed by atoms with van der Waals surface area (Å²) in [6.07, 6.45) is 32.9. The van der Waals surface area contributed by atoms with E-state index in [-0.39, 0.29) is 0 Å². The monoisotopic (exact) mass is 336 g/mol. The summed E-state index contributed by atoms with van der Waals surface area (Å²) in [7, 11) is 0. The molecule has 1 aliphatic rings. The first kappa shape index (κ1) is 22.0. The van der Waals surface area contributed by atoms with Crippen LogP contribution in [0.15, 0.2) is 0 Å². The van der Waals surface area contributed by atoms with Gasteiger partial charge in [0.25, 0.3) is 0 Å². The van der Waals surface area contributed by atoms with Crippen LogP contribution in [0.3, 0.4) is 0 Å². The third kappa shape index (κ3) is 14.4. The van der Waals surface area contributed by atoms with Crippen LogP contribution in [0.25, 0.3) is 0 Å². The number of hydrogen-bond acceptors (Lipinski definition) is 0. The molecule has 0 aromatic rings. The lowest BCUT2D eigenvalue weighted by Crippen LogP contribution is -2.01. The predicted molar refractivity (Wildman–Crippen MR) is 111 cm³/mol. The molecule has 144 valence electrons. The normalized spacial score (nSPS) is 22.9. The van der Waals surface area contributed by atoms with E-state index < -0.39 is 0 Å². The zero-order valence-electron chi connectivity index (χ0n) is 17.1. The van der Waals surface area contributed by atoms with Crippen molar-refractivity contribution in [3.8, 4) is 0 Å². The summed E-state index contributed by atoms with van der Waals surface area (Å²) in [4.78, 5) is 0. The molecule has 0 bridgehead atoms. The van der Waals surface area contributed by atoms with Gasteiger partial charge in [-0.1, -0.05) is 148 Å². The Morgan fingerprint density at radius 1 is 0.458 bits per heavy atom. The lowest BCUT2D eigenvalue weighted by Gasteiger charge is -2.16. The molecule has 0 saturated heterocycles. The molecule has 0 aliphatic heterocycles. The van der Waals surface area contributed by atoms with Gasteiger partial charge in [0.05, 0.1) is 0 Å². The minimum Gasteiger partial charge on any atom is -0.0654 e. The number of rotatable bonds is 3. The molecule has 0 aromatic heterocycles. The molecule has 24 heavy (non-hydrogen) atoms. The molecule has 1 fully saturated rings. The van der Waals surface area contributed by atoms with Gasteiger partial charge in [-0.3, -0.25) is 0 Å². The predicted octanol–water partition coefficient (Wildman–Crippen LogP) is 9.22. The van der Waals surface area contributed by atoms with Crippen LogP contribution in [0.1, 0.15) is 148 Å². The maximum absolute atomic E-state index is 2.35. The lowest BCUT2D eigenvalue weighted by atomic mass is 9.90. The van der Waals surface area contributed by atoms with Crippen LogP contribution in [0.4, 0.5) is 0 Å². The van der Waals surface area contributed by atoms with Crippen molar-refractivity contribution in [1.29, 1.82) is 0 Å². The van der Waals surface area contributed by atoms with Crippen molar-refractivity contribution < 1.29 is 0 Å². The zero-order chi connectivity index (χ0) is 17.1. The molecule has 1 aliphatic carbocycles. The largest absolute Gasteiger partial charge is 0.0654 e. The maximum Gasteiger partial charge on any atom is -0.0414 e. The van der Waals surface area contributed by atoms with Crippen molar-refractivity contribution in [2.45, 2.75) is 148 Å². The summed E-state index contributed by atoms with van der Waals surface area (Å²) in [5, 5.41) is 0. The lowest BCUT2D eigenvalue weighted by molar-refractivity contribution is 0.370. The Balaban J connectivity index is 2.20. The maximum atomic E-state index is 2.35. The Kier molecular flexibility index (Phi) is 16.4. The van der Waals surface area contributed by atoms with Gasteiger partial charge in [-0.25, -0.2) is 0 Å². The highest BCUT2D eigenvalue weighted by Gasteiger charge is 2.08. The molecule has 0 N–H and O–H groups in total. The quantitative estimate of drug-likeness (QED) is 0.481. The van der Waals surface area contributed by atoms with Crippen molar-refractivity contribution in [2.24, 2.45) is 5.92 Å². The molecule has 1 rings (SSSR count). The fourth-order valence-electron chi connectivity index (χ4n) is 4.44. The molecule has 0 unspecified atom stereocenters. The van der Waals surface area contributed by atoms with Gasteiger partial charge in [-0.15, -0.1) is 0 Å². The van der Waals surface area contributed by atoms with Crippen LogP contribution in [0.5, 0.6) is 0 Å². The van der Waals surface area contributed by atoms with Crippen LogP contribution in [0.2, 0.25) is 0 Å². The van der Waals surface area contributed by atoms with Crippen molar-refractivity contribution >= 4 is 0 Å². The minimum absolute atomic E-state index is 1.05. The first-order chi connectivity index (χ1) is 11.9. The Bertz CT molecular complexity index is 212. The summed E-state index contributed by atoms with van der Waals surface area (Å²) in [6.45, 7) is 2.35. The molecular weight excluding hydrogens is 288 g/mol. The Labute approximate surface area is 154 Å². The fraction of sp³-hybridized carbons (Fsp3) is 1.00. The highest BCUT2D eigenvalue weighted by molar-refractivity contribution is 4.61. The van der Waals surface area contributed by atoms with Crippen molar-refractivity contribution in [2.75, 3.05) is 0 Å². The molecule has 0 heteroatoms. The third-order valence-electron chi connectivity index (χ3n) is 6.19. The second-order valence-electron chi connectivity index (χ2n) is 8.60. The number of hydrogen-bond donors (Lipinski definition) is 0. The van der Waals surface area contributed by atoms with Gasteiger partial charge >= 0.3 is 0 Å². The van der Waals surface area contributed by atoms with E-state index in [1.54, 1.807) is 0 Å². The molecule has 0 aromatic carbocycles. The topological polar surface area (TPSA) is 0 Å². The minimum atomic E-state index is 1.05. The van der Waals surface area contributed by atoms with E-state index in [1.165, 1.54) is 141 Å². The summed E-state index contributed by atoms with van der Waals surface area (Å²) in [6, 6.07) is 0. The smallest absolute Gasteiger partial charge is 0.0414 e. The van der Waals surface area contributed by atoms with Gasteiger partial charge < -0.3 is 0 Å². The zero-order valence-corrected chi connectivity index (χ0v) is 17.1. The molecule has 1 saturated carbocycles. The van der Waals surface area contributed by atoms with Gasteiger partial charge in [-0.05, 0) is 5.92 Å². The standard InChI is InChI=1S/C24H48/c1-2-3-21-24-22-19-17-15-13-11-9-7-5-4-6-8-10-12-14-16-18-20-23-24/h24H,2-23H2,1H3. The van der Waals surface area contributed by atoms with Crippen LogP contribution in [-0.4, -0.2) is 0 Å². The van der Waals surface area contributed by atoms with E-state index >= 15 is 0 Å². The molecule has 0 radical (unpaired) electrons. The third-order valence-corrected chi connectivity index (χ3v) is 6.19. The van der Waals surface area contributed by atoms with Crippen LogP contribution in [-0.2, 0) is 0 Å². The molecule has 0 heterocycles. The van der Waals surface area contributed by atoms with Gasteiger partial charge in [0.15, 0.2) is 0 Å². The van der Waals surface area contributed by atoms with E-state index in [2.05, 4.69) is 6.92 Å². The van der Waals surface area contributed by atoms with Crippen molar-refractivity contribution in [1.82, 2.24) is 0 Å². The van der Waals surface area contributed by atoms with E-state index in [1.807, 2.05) is 0 Å². The summed E-state index contributed by atoms with van der Waals surface area (Å²) in [5.74, 6) is 1.05. The van der Waals surface area contributed by atoms with Gasteiger partial charge in [0.2, 0.25) is 0 Å². The van der Waals surface area contributed by atoms with E-state index in [0.717, 1.165) is 5.92 Å².